The quantitative estimate of drug-likeness (QED) is 0.778. The first-order valence-electron chi connectivity index (χ1n) is 6.09. The molecule has 1 aromatic carbocycles. The molecule has 0 bridgehead atoms. The standard InChI is InChI=1S/C13H15ClN2O4/c1-20-10-6-8(2-3-9(10)14)16-12(19)15-7-13(4-5-13)11(17)18/h2-3,6H,4-5,7H2,1H3,(H,17,18)(H2,15,16,19). The highest BCUT2D eigenvalue weighted by molar-refractivity contribution is 6.32. The molecule has 2 amide bonds. The maximum atomic E-state index is 11.7. The summed E-state index contributed by atoms with van der Waals surface area (Å²) in [5.41, 5.74) is -0.265. The summed E-state index contributed by atoms with van der Waals surface area (Å²) >= 11 is 5.88. The minimum Gasteiger partial charge on any atom is -0.495 e. The molecule has 1 fully saturated rings. The van der Waals surface area contributed by atoms with Gasteiger partial charge in [0.25, 0.3) is 0 Å². The van der Waals surface area contributed by atoms with Crippen LogP contribution < -0.4 is 15.4 Å². The van der Waals surface area contributed by atoms with E-state index < -0.39 is 17.4 Å². The summed E-state index contributed by atoms with van der Waals surface area (Å²) in [6.45, 7) is 0.124. The predicted octanol–water partition coefficient (Wildman–Crippen LogP) is 2.33. The van der Waals surface area contributed by atoms with Crippen molar-refractivity contribution in [1.29, 1.82) is 0 Å². The van der Waals surface area contributed by atoms with Gasteiger partial charge in [0, 0.05) is 18.3 Å². The smallest absolute Gasteiger partial charge is 0.319 e. The zero-order valence-corrected chi connectivity index (χ0v) is 11.7. The number of hydrogen-bond donors (Lipinski definition) is 3. The number of anilines is 1. The number of halogens is 1. The van der Waals surface area contributed by atoms with Crippen LogP contribution in [-0.2, 0) is 4.79 Å². The molecule has 1 saturated carbocycles. The van der Waals surface area contributed by atoms with Gasteiger partial charge in [0.05, 0.1) is 17.5 Å². The Morgan fingerprint density at radius 1 is 1.45 bits per heavy atom. The van der Waals surface area contributed by atoms with Gasteiger partial charge in [-0.25, -0.2) is 4.79 Å². The maximum Gasteiger partial charge on any atom is 0.319 e. The third-order valence-electron chi connectivity index (χ3n) is 3.30. The van der Waals surface area contributed by atoms with Gasteiger partial charge in [0.15, 0.2) is 0 Å². The first kappa shape index (κ1) is 14.5. The zero-order valence-electron chi connectivity index (χ0n) is 10.9. The van der Waals surface area contributed by atoms with Crippen molar-refractivity contribution < 1.29 is 19.4 Å². The summed E-state index contributed by atoms with van der Waals surface area (Å²) in [7, 11) is 1.48. The number of carbonyl (C=O) groups excluding carboxylic acids is 1. The van der Waals surface area contributed by atoms with Crippen molar-refractivity contribution in [2.75, 3.05) is 19.0 Å². The number of amides is 2. The van der Waals surface area contributed by atoms with E-state index in [1.807, 2.05) is 0 Å². The van der Waals surface area contributed by atoms with Gasteiger partial charge in [0.2, 0.25) is 0 Å². The molecule has 2 rings (SSSR count). The van der Waals surface area contributed by atoms with Crippen molar-refractivity contribution in [2.24, 2.45) is 5.41 Å². The molecule has 7 heteroatoms. The normalized spacial score (nSPS) is 15.3. The highest BCUT2D eigenvalue weighted by Gasteiger charge is 2.50. The van der Waals surface area contributed by atoms with E-state index in [0.29, 0.717) is 29.3 Å². The molecule has 3 N–H and O–H groups in total. The topological polar surface area (TPSA) is 87.7 Å². The van der Waals surface area contributed by atoms with E-state index in [-0.39, 0.29) is 6.54 Å². The lowest BCUT2D eigenvalue weighted by Gasteiger charge is -2.12. The van der Waals surface area contributed by atoms with Crippen LogP contribution in [0, 0.1) is 5.41 Å². The second kappa shape index (κ2) is 5.58. The predicted molar refractivity (Wildman–Crippen MR) is 74.3 cm³/mol. The Hall–Kier alpha value is -1.95. The highest BCUT2D eigenvalue weighted by atomic mass is 35.5. The number of urea groups is 1. The van der Waals surface area contributed by atoms with Crippen LogP contribution in [0.15, 0.2) is 18.2 Å². The fraction of sp³-hybridized carbons (Fsp3) is 0.385. The SMILES string of the molecule is COc1cc(NC(=O)NCC2(C(=O)O)CC2)ccc1Cl. The van der Waals surface area contributed by atoms with E-state index in [0.717, 1.165) is 0 Å². The van der Waals surface area contributed by atoms with Gasteiger partial charge in [-0.2, -0.15) is 0 Å². The van der Waals surface area contributed by atoms with Crippen molar-refractivity contribution in [1.82, 2.24) is 5.32 Å². The number of carboxylic acids is 1. The molecule has 0 atom stereocenters. The number of aliphatic carboxylic acids is 1. The van der Waals surface area contributed by atoms with Crippen LogP contribution in [0.2, 0.25) is 5.02 Å². The molecule has 108 valence electrons. The minimum atomic E-state index is -0.869. The first-order chi connectivity index (χ1) is 9.47. The Kier molecular flexibility index (Phi) is 4.04. The first-order valence-corrected chi connectivity index (χ1v) is 6.46. The van der Waals surface area contributed by atoms with Crippen LogP contribution in [0.25, 0.3) is 0 Å². The number of carboxylic acid groups (broad SMARTS) is 1. The minimum absolute atomic E-state index is 0.124. The van der Waals surface area contributed by atoms with E-state index in [4.69, 9.17) is 21.4 Å². The van der Waals surface area contributed by atoms with Crippen LogP contribution in [0.4, 0.5) is 10.5 Å². The third-order valence-corrected chi connectivity index (χ3v) is 3.62. The maximum absolute atomic E-state index is 11.7. The molecular weight excluding hydrogens is 284 g/mol. The fourth-order valence-corrected chi connectivity index (χ4v) is 1.97. The molecule has 0 aromatic heterocycles. The number of benzene rings is 1. The number of rotatable bonds is 5. The van der Waals surface area contributed by atoms with Crippen LogP contribution in [-0.4, -0.2) is 30.8 Å². The second-order valence-electron chi connectivity index (χ2n) is 4.74. The summed E-state index contributed by atoms with van der Waals surface area (Å²) in [6, 6.07) is 4.37. The van der Waals surface area contributed by atoms with E-state index in [1.54, 1.807) is 18.2 Å². The van der Waals surface area contributed by atoms with E-state index in [2.05, 4.69) is 10.6 Å². The van der Waals surface area contributed by atoms with Gasteiger partial charge in [-0.3, -0.25) is 4.79 Å². The molecular formula is C13H15ClN2O4. The van der Waals surface area contributed by atoms with Gasteiger partial charge < -0.3 is 20.5 Å². The van der Waals surface area contributed by atoms with Crippen LogP contribution in [0.5, 0.6) is 5.75 Å². The summed E-state index contributed by atoms with van der Waals surface area (Å²) in [5.74, 6) is -0.417. The second-order valence-corrected chi connectivity index (χ2v) is 5.15. The Bertz CT molecular complexity index is 543. The summed E-state index contributed by atoms with van der Waals surface area (Å²) in [4.78, 5) is 22.7. The average Bonchev–Trinajstić information content (AvgIpc) is 3.20. The van der Waals surface area contributed by atoms with Crippen LogP contribution >= 0.6 is 11.6 Å². The van der Waals surface area contributed by atoms with Crippen molar-refractivity contribution in [3.63, 3.8) is 0 Å². The van der Waals surface area contributed by atoms with Crippen molar-refractivity contribution >= 4 is 29.3 Å². The molecule has 1 aliphatic carbocycles. The number of carbonyl (C=O) groups is 2. The Morgan fingerprint density at radius 2 is 2.15 bits per heavy atom. The average molecular weight is 299 g/mol. The van der Waals surface area contributed by atoms with Crippen molar-refractivity contribution in [3.8, 4) is 5.75 Å². The molecule has 0 heterocycles. The highest BCUT2D eigenvalue weighted by Crippen LogP contribution is 2.45. The van der Waals surface area contributed by atoms with E-state index >= 15 is 0 Å². The van der Waals surface area contributed by atoms with Crippen LogP contribution in [0.3, 0.4) is 0 Å². The van der Waals surface area contributed by atoms with Crippen LogP contribution in [0.1, 0.15) is 12.8 Å². The molecule has 1 aromatic rings. The number of methoxy groups -OCH3 is 1. The summed E-state index contributed by atoms with van der Waals surface area (Å²) < 4.78 is 5.04. The molecule has 20 heavy (non-hydrogen) atoms. The van der Waals surface area contributed by atoms with Gasteiger partial charge >= 0.3 is 12.0 Å². The number of hydrogen-bond acceptors (Lipinski definition) is 3. The Morgan fingerprint density at radius 3 is 2.70 bits per heavy atom. The molecule has 1 aliphatic rings. The fourth-order valence-electron chi connectivity index (χ4n) is 1.78. The lowest BCUT2D eigenvalue weighted by atomic mass is 10.1. The van der Waals surface area contributed by atoms with E-state index in [1.165, 1.54) is 7.11 Å². The summed E-state index contributed by atoms with van der Waals surface area (Å²) in [6.07, 6.45) is 1.19. The van der Waals surface area contributed by atoms with Gasteiger partial charge in [0.1, 0.15) is 5.75 Å². The largest absolute Gasteiger partial charge is 0.495 e. The zero-order chi connectivity index (χ0) is 14.8. The van der Waals surface area contributed by atoms with Gasteiger partial charge in [-0.05, 0) is 25.0 Å². The van der Waals surface area contributed by atoms with Crippen molar-refractivity contribution in [3.05, 3.63) is 23.2 Å². The van der Waals surface area contributed by atoms with Crippen molar-refractivity contribution in [2.45, 2.75) is 12.8 Å². The third kappa shape index (κ3) is 3.14. The molecule has 0 unspecified atom stereocenters. The van der Waals surface area contributed by atoms with E-state index in [9.17, 15) is 9.59 Å². The molecule has 0 aliphatic heterocycles. The molecule has 6 nitrogen and oxygen atoms in total. The monoisotopic (exact) mass is 298 g/mol. The number of nitrogens with one attached hydrogen (secondary N) is 2. The Balaban J connectivity index is 1.90. The summed E-state index contributed by atoms with van der Waals surface area (Å²) in [5, 5.41) is 14.6. The lowest BCUT2D eigenvalue weighted by Crippen LogP contribution is -2.36. The van der Waals surface area contributed by atoms with Gasteiger partial charge in [-0.15, -0.1) is 0 Å². The molecule has 0 radical (unpaired) electrons. The Labute approximate surface area is 121 Å². The molecule has 0 spiro atoms. The lowest BCUT2D eigenvalue weighted by molar-refractivity contribution is -0.143. The van der Waals surface area contributed by atoms with Gasteiger partial charge in [-0.1, -0.05) is 11.6 Å². The number of ether oxygens (including phenoxy) is 1. The molecule has 0 saturated heterocycles.